The number of aromatic nitrogens is 1. The van der Waals surface area contributed by atoms with Gasteiger partial charge in [0.05, 0.1) is 6.20 Å². The first kappa shape index (κ1) is 13.0. The summed E-state index contributed by atoms with van der Waals surface area (Å²) in [6.07, 6.45) is 2.78. The highest BCUT2D eigenvalue weighted by atomic mass is 19.1. The average molecular weight is 261 g/mol. The number of nitrogens with zero attached hydrogens (tertiary/aromatic N) is 1. The lowest BCUT2D eigenvalue weighted by molar-refractivity contribution is -0.112. The van der Waals surface area contributed by atoms with Crippen LogP contribution in [0.3, 0.4) is 0 Å². The van der Waals surface area contributed by atoms with Gasteiger partial charge in [-0.05, 0) is 24.6 Å². The van der Waals surface area contributed by atoms with Gasteiger partial charge in [-0.25, -0.2) is 9.37 Å². The molecule has 0 atom stereocenters. The summed E-state index contributed by atoms with van der Waals surface area (Å²) in [6, 6.07) is 5.97. The number of halogens is 1. The summed E-state index contributed by atoms with van der Waals surface area (Å²) < 4.78 is 18.1. The van der Waals surface area contributed by atoms with Gasteiger partial charge in [0.1, 0.15) is 5.82 Å². The van der Waals surface area contributed by atoms with Crippen molar-refractivity contribution < 1.29 is 18.7 Å². The molecule has 0 saturated carbocycles. The summed E-state index contributed by atoms with van der Waals surface area (Å²) in [7, 11) is 0. The Bertz CT molecular complexity index is 614. The van der Waals surface area contributed by atoms with Gasteiger partial charge in [-0.2, -0.15) is 0 Å². The van der Waals surface area contributed by atoms with Gasteiger partial charge in [0, 0.05) is 12.5 Å². The van der Waals surface area contributed by atoms with Crippen molar-refractivity contribution in [2.45, 2.75) is 13.3 Å². The number of hydrogen-bond donors (Lipinski definition) is 1. The van der Waals surface area contributed by atoms with Crippen molar-refractivity contribution >= 4 is 11.5 Å². The van der Waals surface area contributed by atoms with Crippen molar-refractivity contribution in [3.05, 3.63) is 59.6 Å². The Balaban J connectivity index is 2.13. The minimum absolute atomic E-state index is 0.132. The summed E-state index contributed by atoms with van der Waals surface area (Å²) in [5.41, 5.74) is 0.838. The quantitative estimate of drug-likeness (QED) is 0.679. The van der Waals surface area contributed by atoms with E-state index in [0.717, 1.165) is 11.6 Å². The maximum absolute atomic E-state index is 12.7. The minimum atomic E-state index is -0.307. The largest absolute Gasteiger partial charge is 0.504 e. The number of hydrogen-bond acceptors (Lipinski definition) is 4. The standard InChI is InChI=1S/C14H12FNO3/c1-9(17)6-12(18)13-8-16-14(19-13)7-10-2-4-11(15)5-3-10/h2-6,8,18H,7H2,1H3. The van der Waals surface area contributed by atoms with Crippen molar-refractivity contribution in [3.8, 4) is 0 Å². The third-order valence-corrected chi connectivity index (χ3v) is 2.41. The SMILES string of the molecule is CC(=O)C=C(O)c1cnc(Cc2ccc(F)cc2)o1. The van der Waals surface area contributed by atoms with Crippen LogP contribution >= 0.6 is 0 Å². The van der Waals surface area contributed by atoms with E-state index in [-0.39, 0.29) is 23.1 Å². The Morgan fingerprint density at radius 1 is 1.42 bits per heavy atom. The Labute approximate surface area is 109 Å². The second-order valence-electron chi connectivity index (χ2n) is 4.06. The molecule has 0 bridgehead atoms. The fraction of sp³-hybridized carbons (Fsp3) is 0.143. The first-order valence-electron chi connectivity index (χ1n) is 5.65. The third kappa shape index (κ3) is 3.51. The fourth-order valence-electron chi connectivity index (χ4n) is 1.55. The van der Waals surface area contributed by atoms with Crippen LogP contribution < -0.4 is 0 Å². The number of rotatable bonds is 4. The van der Waals surface area contributed by atoms with Gasteiger partial charge in [-0.3, -0.25) is 4.79 Å². The lowest BCUT2D eigenvalue weighted by Crippen LogP contribution is -1.88. The van der Waals surface area contributed by atoms with Crippen molar-refractivity contribution in [2.75, 3.05) is 0 Å². The summed E-state index contributed by atoms with van der Waals surface area (Å²) in [5.74, 6) is -0.337. The summed E-state index contributed by atoms with van der Waals surface area (Å²) in [5, 5.41) is 9.56. The summed E-state index contributed by atoms with van der Waals surface area (Å²) in [6.45, 7) is 1.33. The number of allylic oxidation sites excluding steroid dienone is 1. The van der Waals surface area contributed by atoms with E-state index in [2.05, 4.69) is 4.98 Å². The number of ketones is 1. The molecule has 5 heteroatoms. The molecule has 98 valence electrons. The first-order chi connectivity index (χ1) is 9.04. The van der Waals surface area contributed by atoms with Gasteiger partial charge in [-0.15, -0.1) is 0 Å². The van der Waals surface area contributed by atoms with E-state index in [1.54, 1.807) is 12.1 Å². The first-order valence-corrected chi connectivity index (χ1v) is 5.65. The van der Waals surface area contributed by atoms with Gasteiger partial charge in [0.25, 0.3) is 0 Å². The second-order valence-corrected chi connectivity index (χ2v) is 4.06. The molecule has 0 radical (unpaired) electrons. The molecular formula is C14H12FNO3. The Kier molecular flexibility index (Phi) is 3.75. The highest BCUT2D eigenvalue weighted by molar-refractivity contribution is 5.92. The molecule has 0 saturated heterocycles. The molecule has 0 aliphatic rings. The molecule has 0 spiro atoms. The summed E-state index contributed by atoms with van der Waals surface area (Å²) >= 11 is 0. The highest BCUT2D eigenvalue weighted by Crippen LogP contribution is 2.16. The molecule has 19 heavy (non-hydrogen) atoms. The van der Waals surface area contributed by atoms with Crippen molar-refractivity contribution in [1.82, 2.24) is 4.98 Å². The number of oxazole rings is 1. The zero-order chi connectivity index (χ0) is 13.8. The number of aliphatic hydroxyl groups is 1. The molecule has 0 unspecified atom stereocenters. The van der Waals surface area contributed by atoms with E-state index in [1.807, 2.05) is 0 Å². The Morgan fingerprint density at radius 2 is 2.11 bits per heavy atom. The molecule has 2 aromatic rings. The number of aliphatic hydroxyl groups excluding tert-OH is 1. The fourth-order valence-corrected chi connectivity index (χ4v) is 1.55. The lowest BCUT2D eigenvalue weighted by atomic mass is 10.1. The molecule has 1 aromatic heterocycles. The predicted molar refractivity (Wildman–Crippen MR) is 67.0 cm³/mol. The second kappa shape index (κ2) is 5.48. The molecule has 1 aromatic carbocycles. The van der Waals surface area contributed by atoms with Crippen LogP contribution in [0, 0.1) is 5.82 Å². The van der Waals surface area contributed by atoms with Gasteiger partial charge < -0.3 is 9.52 Å². The van der Waals surface area contributed by atoms with Crippen molar-refractivity contribution in [3.63, 3.8) is 0 Å². The van der Waals surface area contributed by atoms with E-state index in [1.165, 1.54) is 25.3 Å². The maximum Gasteiger partial charge on any atom is 0.199 e. The molecule has 0 fully saturated rings. The molecule has 4 nitrogen and oxygen atoms in total. The van der Waals surface area contributed by atoms with Crippen LogP contribution in [0.2, 0.25) is 0 Å². The van der Waals surface area contributed by atoms with Crippen LogP contribution in [0.5, 0.6) is 0 Å². The number of benzene rings is 1. The van der Waals surface area contributed by atoms with Crippen LogP contribution in [0.15, 0.2) is 41.0 Å². The molecular weight excluding hydrogens is 249 g/mol. The predicted octanol–water partition coefficient (Wildman–Crippen LogP) is 2.89. The van der Waals surface area contributed by atoms with Gasteiger partial charge in [0.15, 0.2) is 23.2 Å². The summed E-state index contributed by atoms with van der Waals surface area (Å²) in [4.78, 5) is 14.8. The topological polar surface area (TPSA) is 63.3 Å². The Morgan fingerprint density at radius 3 is 2.74 bits per heavy atom. The van der Waals surface area contributed by atoms with Gasteiger partial charge in [-0.1, -0.05) is 12.1 Å². The smallest absolute Gasteiger partial charge is 0.199 e. The van der Waals surface area contributed by atoms with E-state index in [9.17, 15) is 14.3 Å². The average Bonchev–Trinajstić information content (AvgIpc) is 2.80. The monoisotopic (exact) mass is 261 g/mol. The van der Waals surface area contributed by atoms with Crippen LogP contribution in [0.25, 0.3) is 5.76 Å². The van der Waals surface area contributed by atoms with E-state index >= 15 is 0 Å². The maximum atomic E-state index is 12.7. The van der Waals surface area contributed by atoms with E-state index < -0.39 is 0 Å². The molecule has 2 rings (SSSR count). The lowest BCUT2D eigenvalue weighted by Gasteiger charge is -1.97. The zero-order valence-corrected chi connectivity index (χ0v) is 10.3. The van der Waals surface area contributed by atoms with Crippen LogP contribution in [-0.4, -0.2) is 15.9 Å². The van der Waals surface area contributed by atoms with Crippen LogP contribution in [-0.2, 0) is 11.2 Å². The molecule has 1 N–H and O–H groups in total. The highest BCUT2D eigenvalue weighted by Gasteiger charge is 2.09. The molecule has 0 aliphatic heterocycles. The van der Waals surface area contributed by atoms with Crippen molar-refractivity contribution in [1.29, 1.82) is 0 Å². The van der Waals surface area contributed by atoms with Gasteiger partial charge in [0.2, 0.25) is 0 Å². The van der Waals surface area contributed by atoms with Crippen LogP contribution in [0.4, 0.5) is 4.39 Å². The van der Waals surface area contributed by atoms with Crippen molar-refractivity contribution in [2.24, 2.45) is 0 Å². The van der Waals surface area contributed by atoms with Crippen LogP contribution in [0.1, 0.15) is 24.1 Å². The van der Waals surface area contributed by atoms with Gasteiger partial charge >= 0.3 is 0 Å². The molecule has 0 aliphatic carbocycles. The number of carbonyl (C=O) groups is 1. The third-order valence-electron chi connectivity index (χ3n) is 2.41. The molecule has 1 heterocycles. The number of carbonyl (C=O) groups excluding carboxylic acids is 1. The zero-order valence-electron chi connectivity index (χ0n) is 10.3. The van der Waals surface area contributed by atoms with E-state index in [4.69, 9.17) is 4.42 Å². The minimum Gasteiger partial charge on any atom is -0.504 e. The van der Waals surface area contributed by atoms with E-state index in [0.29, 0.717) is 12.3 Å². The molecule has 0 amide bonds. The normalized spacial score (nSPS) is 11.6. The Hall–Kier alpha value is -2.43.